The van der Waals surface area contributed by atoms with Crippen LogP contribution in [0.5, 0.6) is 0 Å². The van der Waals surface area contributed by atoms with E-state index in [0.29, 0.717) is 12.8 Å². The maximum Gasteiger partial charge on any atom is 0.247 e. The molecule has 2 aromatic heterocycles. The lowest BCUT2D eigenvalue weighted by atomic mass is 10.2. The molecular weight excluding hydrogens is 280 g/mol. The molecule has 0 aliphatic carbocycles. The van der Waals surface area contributed by atoms with Crippen molar-refractivity contribution in [2.45, 2.75) is 30.7 Å². The number of aryl methyl sites for hydroxylation is 1. The minimum absolute atomic E-state index is 0.0435. The molecule has 7 heteroatoms. The summed E-state index contributed by atoms with van der Waals surface area (Å²) >= 11 is 0. The first kappa shape index (κ1) is 14.5. The van der Waals surface area contributed by atoms with Crippen molar-refractivity contribution in [2.24, 2.45) is 0 Å². The van der Waals surface area contributed by atoms with E-state index in [1.807, 2.05) is 6.07 Å². The maximum absolute atomic E-state index is 12.1. The highest BCUT2D eigenvalue weighted by atomic mass is 32.2. The van der Waals surface area contributed by atoms with E-state index in [9.17, 15) is 13.2 Å². The Labute approximate surface area is 116 Å². The minimum Gasteiger partial charge on any atom is -0.469 e. The molecular formula is C13H16N2O4S. The van der Waals surface area contributed by atoms with Gasteiger partial charge in [0.05, 0.1) is 11.2 Å². The summed E-state index contributed by atoms with van der Waals surface area (Å²) in [6.07, 6.45) is 4.05. The maximum atomic E-state index is 12.1. The second-order valence-corrected chi connectivity index (χ2v) is 6.24. The van der Waals surface area contributed by atoms with Crippen molar-refractivity contribution in [1.29, 1.82) is 0 Å². The van der Waals surface area contributed by atoms with E-state index in [0.717, 1.165) is 5.76 Å². The molecule has 6 nitrogen and oxygen atoms in total. The smallest absolute Gasteiger partial charge is 0.247 e. The molecule has 0 radical (unpaired) electrons. The zero-order valence-electron chi connectivity index (χ0n) is 11.0. The Morgan fingerprint density at radius 2 is 2.15 bits per heavy atom. The quantitative estimate of drug-likeness (QED) is 0.839. The van der Waals surface area contributed by atoms with Crippen LogP contribution < -0.4 is 10.3 Å². The second kappa shape index (κ2) is 6.06. The van der Waals surface area contributed by atoms with Crippen LogP contribution in [0.15, 0.2) is 50.8 Å². The molecule has 2 rings (SSSR count). The predicted octanol–water partition coefficient (Wildman–Crippen LogP) is 1.27. The van der Waals surface area contributed by atoms with Crippen LogP contribution in [0, 0.1) is 0 Å². The Hall–Kier alpha value is -1.86. The van der Waals surface area contributed by atoms with Crippen molar-refractivity contribution in [3.63, 3.8) is 0 Å². The molecule has 0 saturated carbocycles. The molecule has 0 aliphatic heterocycles. The standard InChI is InChI=1S/C13H16N2O4S/c1-10(4-5-11-3-2-8-19-11)15-20(17,18)12-6-7-13(16)14-9-12/h2-3,6-10,15H,4-5H2,1H3,(H,14,16). The van der Waals surface area contributed by atoms with Crippen molar-refractivity contribution < 1.29 is 12.8 Å². The predicted molar refractivity (Wildman–Crippen MR) is 73.9 cm³/mol. The summed E-state index contributed by atoms with van der Waals surface area (Å²) in [7, 11) is -3.62. The highest BCUT2D eigenvalue weighted by Gasteiger charge is 2.17. The molecule has 0 aliphatic rings. The van der Waals surface area contributed by atoms with E-state index in [-0.39, 0.29) is 16.5 Å². The summed E-state index contributed by atoms with van der Waals surface area (Å²) in [5, 5.41) is 0. The summed E-state index contributed by atoms with van der Waals surface area (Å²) < 4.78 is 31.9. The Kier molecular flexibility index (Phi) is 4.41. The Bertz CT molecular complexity index is 684. The molecule has 2 N–H and O–H groups in total. The molecule has 0 spiro atoms. The van der Waals surface area contributed by atoms with Crippen LogP contribution >= 0.6 is 0 Å². The van der Waals surface area contributed by atoms with Gasteiger partial charge in [-0.05, 0) is 31.5 Å². The number of H-pyrrole nitrogens is 1. The van der Waals surface area contributed by atoms with Crippen molar-refractivity contribution in [1.82, 2.24) is 9.71 Å². The monoisotopic (exact) mass is 296 g/mol. The molecule has 0 aromatic carbocycles. The van der Waals surface area contributed by atoms with Gasteiger partial charge in [-0.1, -0.05) is 0 Å². The first-order valence-electron chi connectivity index (χ1n) is 6.21. The Balaban J connectivity index is 1.97. The number of furan rings is 1. The second-order valence-electron chi connectivity index (χ2n) is 4.53. The minimum atomic E-state index is -3.62. The van der Waals surface area contributed by atoms with Crippen LogP contribution in [-0.2, 0) is 16.4 Å². The topological polar surface area (TPSA) is 92.2 Å². The third-order valence-corrected chi connectivity index (χ3v) is 4.41. The third kappa shape index (κ3) is 3.82. The number of nitrogens with one attached hydrogen (secondary N) is 2. The van der Waals surface area contributed by atoms with Gasteiger partial charge in [0.2, 0.25) is 15.6 Å². The highest BCUT2D eigenvalue weighted by molar-refractivity contribution is 7.89. The van der Waals surface area contributed by atoms with Gasteiger partial charge in [-0.2, -0.15) is 0 Å². The number of aromatic nitrogens is 1. The van der Waals surface area contributed by atoms with Gasteiger partial charge < -0.3 is 9.40 Å². The van der Waals surface area contributed by atoms with Gasteiger partial charge in [0.1, 0.15) is 5.76 Å². The van der Waals surface area contributed by atoms with Crippen molar-refractivity contribution in [3.05, 3.63) is 52.8 Å². The van der Waals surface area contributed by atoms with E-state index < -0.39 is 10.0 Å². The number of aromatic amines is 1. The molecule has 0 bridgehead atoms. The van der Waals surface area contributed by atoms with E-state index in [2.05, 4.69) is 9.71 Å². The third-order valence-electron chi connectivity index (χ3n) is 2.83. The molecule has 20 heavy (non-hydrogen) atoms. The fourth-order valence-electron chi connectivity index (χ4n) is 1.77. The van der Waals surface area contributed by atoms with Gasteiger partial charge in [-0.3, -0.25) is 4.79 Å². The average molecular weight is 296 g/mol. The van der Waals surface area contributed by atoms with Crippen LogP contribution in [0.2, 0.25) is 0 Å². The highest BCUT2D eigenvalue weighted by Crippen LogP contribution is 2.09. The molecule has 0 fully saturated rings. The van der Waals surface area contributed by atoms with Gasteiger partial charge in [0.15, 0.2) is 0 Å². The number of hydrogen-bond donors (Lipinski definition) is 2. The van der Waals surface area contributed by atoms with E-state index in [1.54, 1.807) is 19.3 Å². The average Bonchev–Trinajstić information content (AvgIpc) is 2.89. The largest absolute Gasteiger partial charge is 0.469 e. The SMILES string of the molecule is CC(CCc1ccco1)NS(=O)(=O)c1ccc(=O)[nH]c1. The molecule has 1 atom stereocenters. The molecule has 0 saturated heterocycles. The summed E-state index contributed by atoms with van der Waals surface area (Å²) in [6, 6.07) is 5.87. The van der Waals surface area contributed by atoms with Crippen LogP contribution in [0.1, 0.15) is 19.1 Å². The molecule has 108 valence electrons. The van der Waals surface area contributed by atoms with Gasteiger partial charge in [-0.15, -0.1) is 0 Å². The van der Waals surface area contributed by atoms with Crippen LogP contribution in [0.4, 0.5) is 0 Å². The van der Waals surface area contributed by atoms with E-state index in [1.165, 1.54) is 18.3 Å². The lowest BCUT2D eigenvalue weighted by Gasteiger charge is -2.13. The fraction of sp³-hybridized carbons (Fsp3) is 0.308. The van der Waals surface area contributed by atoms with Gasteiger partial charge >= 0.3 is 0 Å². The number of sulfonamides is 1. The summed E-state index contributed by atoms with van der Waals surface area (Å²) in [5.41, 5.74) is -0.338. The normalized spacial score (nSPS) is 13.2. The first-order valence-corrected chi connectivity index (χ1v) is 7.69. The number of hydrogen-bond acceptors (Lipinski definition) is 4. The van der Waals surface area contributed by atoms with E-state index >= 15 is 0 Å². The lowest BCUT2D eigenvalue weighted by Crippen LogP contribution is -2.33. The Morgan fingerprint density at radius 1 is 1.35 bits per heavy atom. The number of rotatable bonds is 6. The van der Waals surface area contributed by atoms with Crippen LogP contribution in [0.25, 0.3) is 0 Å². The number of pyridine rings is 1. The van der Waals surface area contributed by atoms with Gasteiger partial charge in [-0.25, -0.2) is 13.1 Å². The summed E-state index contributed by atoms with van der Waals surface area (Å²) in [6.45, 7) is 1.78. The first-order chi connectivity index (χ1) is 9.47. The van der Waals surface area contributed by atoms with Gasteiger partial charge in [0.25, 0.3) is 0 Å². The van der Waals surface area contributed by atoms with Crippen molar-refractivity contribution >= 4 is 10.0 Å². The molecule has 1 unspecified atom stereocenters. The molecule has 2 aromatic rings. The van der Waals surface area contributed by atoms with Crippen molar-refractivity contribution in [2.75, 3.05) is 0 Å². The van der Waals surface area contributed by atoms with Gasteiger partial charge in [0, 0.05) is 24.7 Å². The van der Waals surface area contributed by atoms with Crippen LogP contribution in [-0.4, -0.2) is 19.4 Å². The van der Waals surface area contributed by atoms with E-state index in [4.69, 9.17) is 4.42 Å². The summed E-state index contributed by atoms with van der Waals surface area (Å²) in [4.78, 5) is 13.3. The molecule has 2 heterocycles. The zero-order chi connectivity index (χ0) is 14.6. The fourth-order valence-corrected chi connectivity index (χ4v) is 3.01. The summed E-state index contributed by atoms with van der Waals surface area (Å²) in [5.74, 6) is 0.820. The lowest BCUT2D eigenvalue weighted by molar-refractivity contribution is 0.480. The van der Waals surface area contributed by atoms with Crippen molar-refractivity contribution in [3.8, 4) is 0 Å². The zero-order valence-corrected chi connectivity index (χ0v) is 11.8. The Morgan fingerprint density at radius 3 is 2.75 bits per heavy atom. The molecule has 0 amide bonds. The van der Waals surface area contributed by atoms with Crippen LogP contribution in [0.3, 0.4) is 0 Å².